The third kappa shape index (κ3) is 5.77. The molecule has 29 heavy (non-hydrogen) atoms. The number of nitrogens with zero attached hydrogens (tertiary/aromatic N) is 2. The molecule has 0 aliphatic carbocycles. The van der Waals surface area contributed by atoms with Gasteiger partial charge in [0.15, 0.2) is 5.79 Å². The number of aryl methyl sites for hydroxylation is 1. The molecular weight excluding hydrogens is 427 g/mol. The molecule has 0 spiro atoms. The molecule has 2 heterocycles. The van der Waals surface area contributed by atoms with Crippen LogP contribution in [0.15, 0.2) is 72.1 Å². The largest absolute Gasteiger partial charge is 0.345 e. The van der Waals surface area contributed by atoms with Crippen molar-refractivity contribution < 1.29 is 9.47 Å². The van der Waals surface area contributed by atoms with Crippen LogP contribution in [0.2, 0.25) is 10.0 Å². The Morgan fingerprint density at radius 2 is 1.79 bits per heavy atom. The second kappa shape index (κ2) is 9.54. The van der Waals surface area contributed by atoms with Gasteiger partial charge in [0.2, 0.25) is 0 Å². The number of thioether (sulfide) groups is 1. The van der Waals surface area contributed by atoms with Gasteiger partial charge in [0.25, 0.3) is 0 Å². The minimum absolute atomic E-state index is 0.0319. The van der Waals surface area contributed by atoms with Crippen LogP contribution in [-0.2, 0) is 22.4 Å². The van der Waals surface area contributed by atoms with Crippen LogP contribution in [0.3, 0.4) is 0 Å². The fourth-order valence-electron chi connectivity index (χ4n) is 3.36. The first-order chi connectivity index (χ1) is 14.1. The van der Waals surface area contributed by atoms with Crippen molar-refractivity contribution in [2.24, 2.45) is 0 Å². The number of hydrogen-bond donors (Lipinski definition) is 0. The van der Waals surface area contributed by atoms with Crippen molar-refractivity contribution in [1.82, 2.24) is 9.55 Å². The molecule has 3 aromatic rings. The third-order valence-electron chi connectivity index (χ3n) is 4.85. The van der Waals surface area contributed by atoms with Crippen molar-refractivity contribution in [3.63, 3.8) is 0 Å². The molecule has 0 N–H and O–H groups in total. The van der Waals surface area contributed by atoms with E-state index in [9.17, 15) is 0 Å². The standard InChI is InChI=1S/C22H22Cl2N2O2S/c23-18-3-1-17(2-4-18)9-10-22(15-26-12-11-25-16-26)27-13-20(28-22)14-29-21-7-5-19(24)6-8-21/h1-8,11-12,16,20H,9-10,13-15H2/t20-,22+/m0/s1. The molecule has 1 aromatic heterocycles. The molecule has 4 nitrogen and oxygen atoms in total. The number of rotatable bonds is 8. The summed E-state index contributed by atoms with van der Waals surface area (Å²) in [6.45, 7) is 1.19. The first kappa shape index (κ1) is 20.8. The minimum atomic E-state index is -0.661. The Labute approximate surface area is 185 Å². The van der Waals surface area contributed by atoms with Gasteiger partial charge < -0.3 is 14.0 Å². The minimum Gasteiger partial charge on any atom is -0.345 e. The lowest BCUT2D eigenvalue weighted by molar-refractivity contribution is -0.180. The first-order valence-corrected chi connectivity index (χ1v) is 11.2. The third-order valence-corrected chi connectivity index (χ3v) is 6.50. The lowest BCUT2D eigenvalue weighted by atomic mass is 10.0. The van der Waals surface area contributed by atoms with E-state index in [2.05, 4.69) is 17.1 Å². The number of hydrogen-bond acceptors (Lipinski definition) is 4. The van der Waals surface area contributed by atoms with E-state index in [1.807, 2.05) is 47.2 Å². The number of benzene rings is 2. The van der Waals surface area contributed by atoms with E-state index in [1.165, 1.54) is 10.5 Å². The molecule has 4 rings (SSSR count). The predicted octanol–water partition coefficient (Wildman–Crippen LogP) is 5.73. The normalized spacial score (nSPS) is 21.5. The second-order valence-electron chi connectivity index (χ2n) is 7.09. The molecule has 1 aliphatic rings. The topological polar surface area (TPSA) is 36.3 Å². The molecule has 1 saturated heterocycles. The van der Waals surface area contributed by atoms with Gasteiger partial charge in [-0.3, -0.25) is 0 Å². The van der Waals surface area contributed by atoms with Gasteiger partial charge in [0.1, 0.15) is 0 Å². The molecule has 0 unspecified atom stereocenters. The van der Waals surface area contributed by atoms with E-state index in [1.54, 1.807) is 24.3 Å². The lowest BCUT2D eigenvalue weighted by Gasteiger charge is -2.28. The predicted molar refractivity (Wildman–Crippen MR) is 118 cm³/mol. The van der Waals surface area contributed by atoms with Crippen molar-refractivity contribution in [2.75, 3.05) is 12.4 Å². The van der Waals surface area contributed by atoms with Gasteiger partial charge in [0, 0.05) is 39.5 Å². The van der Waals surface area contributed by atoms with Crippen molar-refractivity contribution >= 4 is 35.0 Å². The van der Waals surface area contributed by atoms with Gasteiger partial charge in [-0.1, -0.05) is 35.3 Å². The van der Waals surface area contributed by atoms with Crippen LogP contribution in [0.1, 0.15) is 12.0 Å². The van der Waals surface area contributed by atoms with Crippen LogP contribution in [0.5, 0.6) is 0 Å². The summed E-state index contributed by atoms with van der Waals surface area (Å²) in [4.78, 5) is 5.32. The van der Waals surface area contributed by atoms with Crippen LogP contribution in [0.4, 0.5) is 0 Å². The molecule has 0 saturated carbocycles. The van der Waals surface area contributed by atoms with Crippen molar-refractivity contribution in [2.45, 2.75) is 36.2 Å². The molecule has 152 valence electrons. The summed E-state index contributed by atoms with van der Waals surface area (Å²) in [7, 11) is 0. The molecular formula is C22H22Cl2N2O2S. The fraction of sp³-hybridized carbons (Fsp3) is 0.318. The Bertz CT molecular complexity index is 904. The Hall–Kier alpha value is -1.50. The summed E-state index contributed by atoms with van der Waals surface area (Å²) in [5, 5.41) is 1.49. The van der Waals surface area contributed by atoms with Crippen molar-refractivity contribution in [3.05, 3.63) is 82.9 Å². The molecule has 2 aromatic carbocycles. The van der Waals surface area contributed by atoms with Crippen LogP contribution in [-0.4, -0.2) is 33.8 Å². The van der Waals surface area contributed by atoms with Gasteiger partial charge in [-0.2, -0.15) is 0 Å². The lowest BCUT2D eigenvalue weighted by Crippen LogP contribution is -2.37. The van der Waals surface area contributed by atoms with Gasteiger partial charge in [-0.25, -0.2) is 4.98 Å². The first-order valence-electron chi connectivity index (χ1n) is 9.51. The maximum absolute atomic E-state index is 6.47. The highest BCUT2D eigenvalue weighted by molar-refractivity contribution is 7.99. The van der Waals surface area contributed by atoms with Crippen molar-refractivity contribution in [1.29, 1.82) is 0 Å². The molecule has 0 bridgehead atoms. The van der Waals surface area contributed by atoms with Crippen LogP contribution in [0.25, 0.3) is 0 Å². The van der Waals surface area contributed by atoms with Crippen LogP contribution in [0, 0.1) is 0 Å². The zero-order chi connectivity index (χ0) is 20.1. The van der Waals surface area contributed by atoms with E-state index >= 15 is 0 Å². The maximum Gasteiger partial charge on any atom is 0.187 e. The summed E-state index contributed by atoms with van der Waals surface area (Å²) >= 11 is 13.7. The monoisotopic (exact) mass is 448 g/mol. The van der Waals surface area contributed by atoms with Crippen LogP contribution < -0.4 is 0 Å². The van der Waals surface area contributed by atoms with Crippen LogP contribution >= 0.6 is 35.0 Å². The Morgan fingerprint density at radius 1 is 1.07 bits per heavy atom. The molecule has 1 fully saturated rings. The van der Waals surface area contributed by atoms with E-state index in [0.29, 0.717) is 13.2 Å². The SMILES string of the molecule is Clc1ccc(CC[C@@]2(Cn3ccnc3)OC[C@@H](CSc3ccc(Cl)cc3)O2)cc1. The summed E-state index contributed by atoms with van der Waals surface area (Å²) < 4.78 is 14.7. The Morgan fingerprint density at radius 3 is 2.48 bits per heavy atom. The van der Waals surface area contributed by atoms with Crippen molar-refractivity contribution in [3.8, 4) is 0 Å². The van der Waals surface area contributed by atoms with E-state index < -0.39 is 5.79 Å². The number of aromatic nitrogens is 2. The average Bonchev–Trinajstić information content (AvgIpc) is 3.38. The molecule has 0 radical (unpaired) electrons. The van der Waals surface area contributed by atoms with Gasteiger partial charge >= 0.3 is 0 Å². The number of ether oxygens (including phenoxy) is 2. The highest BCUT2D eigenvalue weighted by Crippen LogP contribution is 2.33. The maximum atomic E-state index is 6.47. The van der Waals surface area contributed by atoms with Gasteiger partial charge in [0.05, 0.1) is 25.6 Å². The number of halogens is 2. The van der Waals surface area contributed by atoms with E-state index in [-0.39, 0.29) is 6.10 Å². The Balaban J connectivity index is 1.40. The Kier molecular flexibility index (Phi) is 6.83. The average molecular weight is 449 g/mol. The summed E-state index contributed by atoms with van der Waals surface area (Å²) in [5.74, 6) is 0.166. The molecule has 2 atom stereocenters. The fourth-order valence-corrected chi connectivity index (χ4v) is 4.48. The second-order valence-corrected chi connectivity index (χ2v) is 9.05. The summed E-state index contributed by atoms with van der Waals surface area (Å²) in [6, 6.07) is 15.8. The van der Waals surface area contributed by atoms with E-state index in [0.717, 1.165) is 28.6 Å². The number of imidazole rings is 1. The van der Waals surface area contributed by atoms with E-state index in [4.69, 9.17) is 32.7 Å². The highest BCUT2D eigenvalue weighted by Gasteiger charge is 2.41. The highest BCUT2D eigenvalue weighted by atomic mass is 35.5. The molecule has 0 amide bonds. The zero-order valence-electron chi connectivity index (χ0n) is 15.8. The zero-order valence-corrected chi connectivity index (χ0v) is 18.2. The summed E-state index contributed by atoms with van der Waals surface area (Å²) in [5.41, 5.74) is 1.21. The van der Waals surface area contributed by atoms with Gasteiger partial charge in [-0.15, -0.1) is 11.8 Å². The quantitative estimate of drug-likeness (QED) is 0.412. The summed E-state index contributed by atoms with van der Waals surface area (Å²) in [6.07, 6.45) is 7.15. The smallest absolute Gasteiger partial charge is 0.187 e. The molecule has 1 aliphatic heterocycles. The van der Waals surface area contributed by atoms with Gasteiger partial charge in [-0.05, 0) is 48.4 Å². The molecule has 7 heteroatoms.